The molecule has 1 heterocycles. The van der Waals surface area contributed by atoms with Crippen LogP contribution in [0.25, 0.3) is 0 Å². The molecule has 0 saturated carbocycles. The third-order valence-electron chi connectivity index (χ3n) is 5.08. The summed E-state index contributed by atoms with van der Waals surface area (Å²) in [5.41, 5.74) is 1.22. The number of carbonyl (C=O) groups excluding carboxylic acids is 2. The number of nitro groups is 1. The molecule has 168 valence electrons. The molecule has 1 aliphatic rings. The molecule has 0 atom stereocenters. The van der Waals surface area contributed by atoms with Gasteiger partial charge in [0.25, 0.3) is 11.6 Å². The predicted octanol–water partition coefficient (Wildman–Crippen LogP) is 2.26. The number of anilines is 2. The third kappa shape index (κ3) is 5.37. The van der Waals surface area contributed by atoms with E-state index in [4.69, 9.17) is 17.0 Å². The minimum atomic E-state index is -0.708. The van der Waals surface area contributed by atoms with Gasteiger partial charge in [0, 0.05) is 32.2 Å². The van der Waals surface area contributed by atoms with Crippen molar-refractivity contribution in [2.75, 3.05) is 50.6 Å². The first kappa shape index (κ1) is 23.1. The molecule has 2 aromatic rings. The van der Waals surface area contributed by atoms with Gasteiger partial charge in [-0.3, -0.25) is 20.2 Å². The first-order chi connectivity index (χ1) is 15.3. The Morgan fingerprint density at radius 2 is 1.81 bits per heavy atom. The van der Waals surface area contributed by atoms with Crippen molar-refractivity contribution in [1.82, 2.24) is 10.2 Å². The number of esters is 1. The maximum absolute atomic E-state index is 12.6. The highest BCUT2D eigenvalue weighted by Gasteiger charge is 2.22. The quantitative estimate of drug-likeness (QED) is 0.302. The Morgan fingerprint density at radius 3 is 2.47 bits per heavy atom. The average molecular weight is 458 g/mol. The molecule has 0 unspecified atom stereocenters. The lowest BCUT2D eigenvalue weighted by Crippen LogP contribution is -2.45. The van der Waals surface area contributed by atoms with E-state index in [2.05, 4.69) is 20.4 Å². The fourth-order valence-corrected chi connectivity index (χ4v) is 3.56. The van der Waals surface area contributed by atoms with Crippen molar-refractivity contribution >= 4 is 46.3 Å². The smallest absolute Gasteiger partial charge is 0.337 e. The Morgan fingerprint density at radius 1 is 1.12 bits per heavy atom. The second kappa shape index (κ2) is 10.2. The lowest BCUT2D eigenvalue weighted by atomic mass is 10.1. The van der Waals surface area contributed by atoms with Crippen molar-refractivity contribution in [2.24, 2.45) is 0 Å². The summed E-state index contributed by atoms with van der Waals surface area (Å²) in [6, 6.07) is 10.7. The molecule has 10 nitrogen and oxygen atoms in total. The van der Waals surface area contributed by atoms with E-state index < -0.39 is 16.8 Å². The largest absolute Gasteiger partial charge is 0.465 e. The summed E-state index contributed by atoms with van der Waals surface area (Å²) >= 11 is 5.28. The van der Waals surface area contributed by atoms with Gasteiger partial charge >= 0.3 is 5.97 Å². The maximum Gasteiger partial charge on any atom is 0.337 e. The number of ether oxygens (including phenoxy) is 1. The number of likely N-dealkylation sites (N-methyl/N-ethyl adjacent to an activating group) is 1. The molecule has 2 N–H and O–H groups in total. The summed E-state index contributed by atoms with van der Waals surface area (Å²) in [4.78, 5) is 39.5. The van der Waals surface area contributed by atoms with Gasteiger partial charge in [0.1, 0.15) is 5.56 Å². The second-order valence-corrected chi connectivity index (χ2v) is 7.60. The Hall–Kier alpha value is -3.57. The number of methoxy groups -OCH3 is 1. The molecule has 3 rings (SSSR count). The van der Waals surface area contributed by atoms with Gasteiger partial charge in [-0.15, -0.1) is 0 Å². The zero-order chi connectivity index (χ0) is 23.3. The van der Waals surface area contributed by atoms with Crippen molar-refractivity contribution < 1.29 is 19.2 Å². The highest BCUT2D eigenvalue weighted by atomic mass is 32.1. The number of rotatable bonds is 5. The molecule has 2 aromatic carbocycles. The van der Waals surface area contributed by atoms with Crippen LogP contribution in [0.1, 0.15) is 20.7 Å². The molecule has 0 radical (unpaired) electrons. The van der Waals surface area contributed by atoms with Gasteiger partial charge in [-0.2, -0.15) is 0 Å². The van der Waals surface area contributed by atoms with Gasteiger partial charge in [0.15, 0.2) is 5.11 Å². The van der Waals surface area contributed by atoms with Crippen LogP contribution in [0.4, 0.5) is 17.1 Å². The van der Waals surface area contributed by atoms with Gasteiger partial charge in [0.05, 0.1) is 29.0 Å². The normalized spacial score (nSPS) is 13.9. The molecule has 11 heteroatoms. The maximum atomic E-state index is 12.6. The van der Waals surface area contributed by atoms with Crippen LogP contribution >= 0.6 is 12.2 Å². The average Bonchev–Trinajstić information content (AvgIpc) is 2.79. The lowest BCUT2D eigenvalue weighted by molar-refractivity contribution is -0.385. The van der Waals surface area contributed by atoms with Crippen LogP contribution < -0.4 is 15.5 Å². The molecule has 0 bridgehead atoms. The summed E-state index contributed by atoms with van der Waals surface area (Å²) in [7, 11) is 3.34. The van der Waals surface area contributed by atoms with Crippen LogP contribution in [0.5, 0.6) is 0 Å². The Labute approximate surface area is 190 Å². The molecule has 0 aromatic heterocycles. The molecule has 0 spiro atoms. The van der Waals surface area contributed by atoms with E-state index in [0.717, 1.165) is 31.9 Å². The number of benzene rings is 2. The molecule has 32 heavy (non-hydrogen) atoms. The first-order valence-electron chi connectivity index (χ1n) is 9.81. The fourth-order valence-electron chi connectivity index (χ4n) is 3.35. The van der Waals surface area contributed by atoms with Crippen LogP contribution in [-0.4, -0.2) is 67.1 Å². The zero-order valence-corrected chi connectivity index (χ0v) is 18.5. The van der Waals surface area contributed by atoms with E-state index in [-0.39, 0.29) is 16.4 Å². The number of amides is 1. The SMILES string of the molecule is COC(=O)c1ccc(N2CCN(C)CC2)c(NC(=S)NC(=O)c2ccccc2[N+](=O)[O-])c1. The van der Waals surface area contributed by atoms with Crippen LogP contribution in [0, 0.1) is 10.1 Å². The highest BCUT2D eigenvalue weighted by molar-refractivity contribution is 7.80. The first-order valence-corrected chi connectivity index (χ1v) is 10.2. The summed E-state index contributed by atoms with van der Waals surface area (Å²) in [5.74, 6) is -1.21. The number of para-hydroxylation sites is 1. The van der Waals surface area contributed by atoms with Crippen molar-refractivity contribution in [2.45, 2.75) is 0 Å². The lowest BCUT2D eigenvalue weighted by Gasteiger charge is -2.35. The summed E-state index contributed by atoms with van der Waals surface area (Å²) in [6.07, 6.45) is 0. The van der Waals surface area contributed by atoms with E-state index in [0.29, 0.717) is 11.3 Å². The van der Waals surface area contributed by atoms with Crippen molar-refractivity contribution in [3.05, 3.63) is 63.7 Å². The molecule has 1 fully saturated rings. The Balaban J connectivity index is 1.83. The van der Waals surface area contributed by atoms with E-state index in [9.17, 15) is 19.7 Å². The van der Waals surface area contributed by atoms with E-state index in [1.54, 1.807) is 18.2 Å². The molecular formula is C21H23N5O5S. The number of carbonyl (C=O) groups is 2. The number of thiocarbonyl (C=S) groups is 1. The standard InChI is InChI=1S/C21H23N5O5S/c1-24-9-11-25(12-10-24)18-8-7-14(20(28)31-2)13-16(18)22-21(32)23-19(27)15-5-3-4-6-17(15)26(29)30/h3-8,13H,9-12H2,1-2H3,(H2,22,23,27,32). The van der Waals surface area contributed by atoms with Crippen LogP contribution in [0.3, 0.4) is 0 Å². The topological polar surface area (TPSA) is 117 Å². The number of piperazine rings is 1. The highest BCUT2D eigenvalue weighted by Crippen LogP contribution is 2.29. The van der Waals surface area contributed by atoms with E-state index in [1.165, 1.54) is 31.4 Å². The van der Waals surface area contributed by atoms with Gasteiger partial charge < -0.3 is 19.9 Å². The summed E-state index contributed by atoms with van der Waals surface area (Å²) < 4.78 is 4.80. The second-order valence-electron chi connectivity index (χ2n) is 7.20. The minimum absolute atomic E-state index is 0.0504. The number of nitrogens with one attached hydrogen (secondary N) is 2. The molecule has 1 aliphatic heterocycles. The molecule has 1 saturated heterocycles. The zero-order valence-electron chi connectivity index (χ0n) is 17.7. The molecular weight excluding hydrogens is 434 g/mol. The van der Waals surface area contributed by atoms with Crippen molar-refractivity contribution in [3.8, 4) is 0 Å². The number of nitrogens with zero attached hydrogens (tertiary/aromatic N) is 3. The molecule has 1 amide bonds. The summed E-state index contributed by atoms with van der Waals surface area (Å²) in [6.45, 7) is 3.30. The van der Waals surface area contributed by atoms with E-state index in [1.807, 2.05) is 7.05 Å². The van der Waals surface area contributed by atoms with Crippen LogP contribution in [0.15, 0.2) is 42.5 Å². The summed E-state index contributed by atoms with van der Waals surface area (Å²) in [5, 5.41) is 16.6. The van der Waals surface area contributed by atoms with Gasteiger partial charge in [-0.25, -0.2) is 4.79 Å². The van der Waals surface area contributed by atoms with Crippen LogP contribution in [0.2, 0.25) is 0 Å². The van der Waals surface area contributed by atoms with Crippen molar-refractivity contribution in [3.63, 3.8) is 0 Å². The van der Waals surface area contributed by atoms with Crippen LogP contribution in [-0.2, 0) is 4.74 Å². The third-order valence-corrected chi connectivity index (χ3v) is 5.29. The number of hydrogen-bond acceptors (Lipinski definition) is 8. The number of nitro benzene ring substituents is 1. The van der Waals surface area contributed by atoms with Gasteiger partial charge in [0.2, 0.25) is 0 Å². The van der Waals surface area contributed by atoms with Gasteiger partial charge in [-0.1, -0.05) is 12.1 Å². The fraction of sp³-hybridized carbons (Fsp3) is 0.286. The Kier molecular flexibility index (Phi) is 7.33. The molecule has 0 aliphatic carbocycles. The van der Waals surface area contributed by atoms with E-state index >= 15 is 0 Å². The van der Waals surface area contributed by atoms with Crippen molar-refractivity contribution in [1.29, 1.82) is 0 Å². The predicted molar refractivity (Wildman–Crippen MR) is 124 cm³/mol. The monoisotopic (exact) mass is 457 g/mol. The van der Waals surface area contributed by atoms with Gasteiger partial charge in [-0.05, 0) is 43.5 Å². The number of hydrogen-bond donors (Lipinski definition) is 2. The Bertz CT molecular complexity index is 1050. The minimum Gasteiger partial charge on any atom is -0.465 e.